The predicted molar refractivity (Wildman–Crippen MR) is 109 cm³/mol. The largest absolute Gasteiger partial charge is 0.465 e. The maximum atomic E-state index is 13.7. The average molecular weight is 408 g/mol. The minimum Gasteiger partial charge on any atom is -0.465 e. The van der Waals surface area contributed by atoms with Crippen LogP contribution in [0, 0.1) is 0 Å². The summed E-state index contributed by atoms with van der Waals surface area (Å²) in [4.78, 5) is 40.5. The molecule has 2 fully saturated rings. The predicted octanol–water partition coefficient (Wildman–Crippen LogP) is 3.50. The second-order valence-electron chi connectivity index (χ2n) is 7.70. The average Bonchev–Trinajstić information content (AvgIpc) is 3.37. The fraction of sp³-hybridized carbons (Fsp3) is 0.348. The first-order valence-corrected chi connectivity index (χ1v) is 10.1. The highest BCUT2D eigenvalue weighted by Crippen LogP contribution is 2.34. The summed E-state index contributed by atoms with van der Waals surface area (Å²) < 4.78 is 5.23. The molecular weight excluding hydrogens is 384 g/mol. The fourth-order valence-electron chi connectivity index (χ4n) is 4.48. The van der Waals surface area contributed by atoms with Crippen LogP contribution in [0.5, 0.6) is 0 Å². The normalized spacial score (nSPS) is 22.1. The minimum absolute atomic E-state index is 0.133. The van der Waals surface area contributed by atoms with E-state index in [1.165, 1.54) is 9.80 Å². The molecule has 7 heteroatoms. The molecule has 0 aliphatic carbocycles. The van der Waals surface area contributed by atoms with Crippen molar-refractivity contribution < 1.29 is 24.2 Å². The Morgan fingerprint density at radius 2 is 1.73 bits per heavy atom. The van der Waals surface area contributed by atoms with Gasteiger partial charge in [-0.1, -0.05) is 60.7 Å². The van der Waals surface area contributed by atoms with Gasteiger partial charge in [-0.05, 0) is 30.4 Å². The van der Waals surface area contributed by atoms with Crippen molar-refractivity contribution in [2.45, 2.75) is 37.3 Å². The number of carbonyl (C=O) groups excluding carboxylic acids is 2. The first kappa shape index (κ1) is 19.9. The van der Waals surface area contributed by atoms with Crippen molar-refractivity contribution in [3.63, 3.8) is 0 Å². The molecule has 2 aliphatic heterocycles. The molecule has 2 aromatic carbocycles. The number of rotatable bonds is 5. The second-order valence-corrected chi connectivity index (χ2v) is 7.70. The highest BCUT2D eigenvalue weighted by Gasteiger charge is 2.46. The summed E-state index contributed by atoms with van der Waals surface area (Å²) in [5.74, 6) is -1.16. The van der Waals surface area contributed by atoms with Crippen molar-refractivity contribution in [2.75, 3.05) is 13.2 Å². The number of nitrogens with zero attached hydrogens (tertiary/aromatic N) is 2. The molecule has 0 bridgehead atoms. The maximum Gasteiger partial charge on any atom is 0.417 e. The fourth-order valence-corrected chi connectivity index (χ4v) is 4.48. The number of amides is 3. The van der Waals surface area contributed by atoms with E-state index in [-0.39, 0.29) is 6.61 Å². The van der Waals surface area contributed by atoms with Crippen molar-refractivity contribution in [3.05, 3.63) is 71.8 Å². The monoisotopic (exact) mass is 408 g/mol. The zero-order valence-electron chi connectivity index (χ0n) is 16.5. The highest BCUT2D eigenvalue weighted by atomic mass is 16.6. The van der Waals surface area contributed by atoms with E-state index in [4.69, 9.17) is 4.74 Å². The van der Waals surface area contributed by atoms with Crippen molar-refractivity contribution in [1.29, 1.82) is 0 Å². The van der Waals surface area contributed by atoms with Crippen LogP contribution < -0.4 is 0 Å². The Bertz CT molecular complexity index is 918. The van der Waals surface area contributed by atoms with Crippen LogP contribution in [0.2, 0.25) is 0 Å². The van der Waals surface area contributed by atoms with Gasteiger partial charge in [0.25, 0.3) is 0 Å². The highest BCUT2D eigenvalue weighted by molar-refractivity contribution is 5.98. The van der Waals surface area contributed by atoms with Crippen molar-refractivity contribution in [2.24, 2.45) is 0 Å². The van der Waals surface area contributed by atoms with Crippen LogP contribution in [0.4, 0.5) is 9.59 Å². The number of cyclic esters (lactones) is 1. The third-order valence-corrected chi connectivity index (χ3v) is 5.87. The molecule has 30 heavy (non-hydrogen) atoms. The summed E-state index contributed by atoms with van der Waals surface area (Å²) in [7, 11) is 0. The molecule has 7 nitrogen and oxygen atoms in total. The number of carboxylic acid groups (broad SMARTS) is 1. The summed E-state index contributed by atoms with van der Waals surface area (Å²) in [5, 5.41) is 9.63. The van der Waals surface area contributed by atoms with Crippen LogP contribution >= 0.6 is 0 Å². The summed E-state index contributed by atoms with van der Waals surface area (Å²) in [6, 6.07) is 17.8. The van der Waals surface area contributed by atoms with E-state index < -0.39 is 36.1 Å². The molecular formula is C23H24N2O5. The lowest BCUT2D eigenvalue weighted by Crippen LogP contribution is -2.49. The van der Waals surface area contributed by atoms with E-state index in [1.807, 2.05) is 60.7 Å². The SMILES string of the molecule is O=C(O)N1CCCC1[C@@H](C(=O)N1C(=O)OC[C@H]1Cc1ccccc1)c1ccccc1. The molecule has 1 N–H and O–H groups in total. The van der Waals surface area contributed by atoms with Crippen LogP contribution in [0.1, 0.15) is 29.9 Å². The van der Waals surface area contributed by atoms with Crippen LogP contribution in [-0.4, -0.2) is 58.2 Å². The van der Waals surface area contributed by atoms with Gasteiger partial charge >= 0.3 is 12.2 Å². The number of likely N-dealkylation sites (tertiary alicyclic amines) is 1. The summed E-state index contributed by atoms with van der Waals surface area (Å²) >= 11 is 0. The van der Waals surface area contributed by atoms with Gasteiger partial charge in [0.2, 0.25) is 5.91 Å². The van der Waals surface area contributed by atoms with E-state index in [9.17, 15) is 19.5 Å². The quantitative estimate of drug-likeness (QED) is 0.818. The Labute approximate surface area is 174 Å². The van der Waals surface area contributed by atoms with E-state index in [2.05, 4.69) is 0 Å². The van der Waals surface area contributed by atoms with Crippen LogP contribution in [0.3, 0.4) is 0 Å². The molecule has 0 radical (unpaired) electrons. The molecule has 0 spiro atoms. The van der Waals surface area contributed by atoms with Crippen LogP contribution in [0.25, 0.3) is 0 Å². The third kappa shape index (κ3) is 3.87. The van der Waals surface area contributed by atoms with E-state index >= 15 is 0 Å². The smallest absolute Gasteiger partial charge is 0.417 e. The molecule has 2 heterocycles. The number of benzene rings is 2. The lowest BCUT2D eigenvalue weighted by molar-refractivity contribution is -0.132. The molecule has 0 aromatic heterocycles. The van der Waals surface area contributed by atoms with E-state index in [0.717, 1.165) is 5.56 Å². The second kappa shape index (κ2) is 8.57. The molecule has 2 aliphatic rings. The van der Waals surface area contributed by atoms with Gasteiger partial charge < -0.3 is 14.7 Å². The summed E-state index contributed by atoms with van der Waals surface area (Å²) in [6.07, 6.45) is 0.0421. The van der Waals surface area contributed by atoms with Crippen molar-refractivity contribution in [1.82, 2.24) is 9.80 Å². The zero-order valence-corrected chi connectivity index (χ0v) is 16.5. The lowest BCUT2D eigenvalue weighted by Gasteiger charge is -2.32. The molecule has 3 atom stereocenters. The Kier molecular flexibility index (Phi) is 5.70. The van der Waals surface area contributed by atoms with Gasteiger partial charge in [-0.2, -0.15) is 0 Å². The molecule has 156 valence electrons. The first-order chi connectivity index (χ1) is 14.6. The summed E-state index contributed by atoms with van der Waals surface area (Å²) in [5.41, 5.74) is 1.71. The number of carbonyl (C=O) groups is 3. The van der Waals surface area contributed by atoms with Gasteiger partial charge in [0.15, 0.2) is 0 Å². The topological polar surface area (TPSA) is 87.2 Å². The summed E-state index contributed by atoms with van der Waals surface area (Å²) in [6.45, 7) is 0.517. The van der Waals surface area contributed by atoms with Gasteiger partial charge in [0, 0.05) is 6.54 Å². The number of ether oxygens (including phenoxy) is 1. The van der Waals surface area contributed by atoms with E-state index in [0.29, 0.717) is 31.4 Å². The Morgan fingerprint density at radius 1 is 1.07 bits per heavy atom. The van der Waals surface area contributed by atoms with Crippen molar-refractivity contribution >= 4 is 18.1 Å². The number of hydrogen-bond donors (Lipinski definition) is 1. The Morgan fingerprint density at radius 3 is 2.40 bits per heavy atom. The molecule has 1 unspecified atom stereocenters. The Hall–Kier alpha value is -3.35. The standard InChI is InChI=1S/C23H24N2O5/c26-21(25-18(15-30-23(25)29)14-16-8-3-1-4-9-16)20(17-10-5-2-6-11-17)19-12-7-13-24(19)22(27)28/h1-6,8-11,18-20H,7,12-15H2,(H,27,28)/t18-,19?,20+/m1/s1. The van der Waals surface area contributed by atoms with Gasteiger partial charge in [0.05, 0.1) is 18.0 Å². The van der Waals surface area contributed by atoms with Gasteiger partial charge in [-0.25, -0.2) is 14.5 Å². The molecule has 4 rings (SSSR count). The molecule has 2 aromatic rings. The van der Waals surface area contributed by atoms with Gasteiger partial charge in [-0.15, -0.1) is 0 Å². The third-order valence-electron chi connectivity index (χ3n) is 5.87. The molecule has 0 saturated carbocycles. The van der Waals surface area contributed by atoms with Crippen LogP contribution in [-0.2, 0) is 16.0 Å². The van der Waals surface area contributed by atoms with Crippen LogP contribution in [0.15, 0.2) is 60.7 Å². The Balaban J connectivity index is 1.66. The van der Waals surface area contributed by atoms with Gasteiger partial charge in [-0.3, -0.25) is 4.79 Å². The lowest BCUT2D eigenvalue weighted by atomic mass is 9.88. The molecule has 3 amide bonds. The van der Waals surface area contributed by atoms with Gasteiger partial charge in [0.1, 0.15) is 6.61 Å². The maximum absolute atomic E-state index is 13.7. The first-order valence-electron chi connectivity index (χ1n) is 10.1. The molecule has 2 saturated heterocycles. The van der Waals surface area contributed by atoms with E-state index in [1.54, 1.807) is 0 Å². The minimum atomic E-state index is -1.05. The zero-order chi connectivity index (χ0) is 21.1. The number of hydrogen-bond acceptors (Lipinski definition) is 4. The van der Waals surface area contributed by atoms with Crippen molar-refractivity contribution in [3.8, 4) is 0 Å². The number of imide groups is 1.